The van der Waals surface area contributed by atoms with E-state index in [0.29, 0.717) is 34.2 Å². The first-order valence-electron chi connectivity index (χ1n) is 10.2. The number of rotatable bonds is 9. The quantitative estimate of drug-likeness (QED) is 0.293. The van der Waals surface area contributed by atoms with E-state index in [1.165, 1.54) is 13.3 Å². The van der Waals surface area contributed by atoms with E-state index in [4.69, 9.17) is 21.1 Å². The predicted molar refractivity (Wildman–Crippen MR) is 127 cm³/mol. The van der Waals surface area contributed by atoms with E-state index in [-0.39, 0.29) is 18.6 Å². The number of carbonyl (C=O) groups excluding carboxylic acids is 3. The van der Waals surface area contributed by atoms with Crippen molar-refractivity contribution >= 4 is 41.2 Å². The van der Waals surface area contributed by atoms with Gasteiger partial charge in [0, 0.05) is 16.8 Å². The zero-order valence-electron chi connectivity index (χ0n) is 18.9. The third-order valence-electron chi connectivity index (χ3n) is 4.60. The van der Waals surface area contributed by atoms with Gasteiger partial charge in [0.2, 0.25) is 0 Å². The Morgan fingerprint density at radius 1 is 1.12 bits per heavy atom. The Hall–Kier alpha value is -3.59. The maximum absolute atomic E-state index is 12.2. The Morgan fingerprint density at radius 2 is 1.88 bits per heavy atom. The average molecular weight is 475 g/mol. The summed E-state index contributed by atoms with van der Waals surface area (Å²) in [6.45, 7) is 5.31. The van der Waals surface area contributed by atoms with E-state index in [9.17, 15) is 14.4 Å². The molecule has 0 aliphatic heterocycles. The fourth-order valence-electron chi connectivity index (χ4n) is 2.55. The van der Waals surface area contributed by atoms with Crippen molar-refractivity contribution in [2.75, 3.05) is 19.0 Å². The third kappa shape index (κ3) is 8.12. The molecule has 0 heterocycles. The molecule has 0 radical (unpaired) electrons. The molecule has 33 heavy (non-hydrogen) atoms. The highest BCUT2D eigenvalue weighted by molar-refractivity contribution is 6.35. The molecule has 0 saturated heterocycles. The number of ether oxygens (including phenoxy) is 2. The number of halogens is 1. The summed E-state index contributed by atoms with van der Waals surface area (Å²) < 4.78 is 10.9. The molecule has 0 aromatic heterocycles. The molecular weight excluding hydrogens is 448 g/mol. The summed E-state index contributed by atoms with van der Waals surface area (Å²) >= 11 is 5.97. The van der Waals surface area contributed by atoms with Crippen LogP contribution in [0.25, 0.3) is 0 Å². The molecule has 2 aromatic rings. The fraction of sp³-hybridized carbons (Fsp3) is 0.304. The van der Waals surface area contributed by atoms with Crippen LogP contribution in [0, 0.1) is 6.92 Å². The lowest BCUT2D eigenvalue weighted by Gasteiger charge is -2.12. The standard InChI is InChI=1S/C23H27ClN4O5/c1-5-15(3)26-22(30)23(31)28-25-12-16-7-9-19(20(10-16)32-4)33-13-21(29)27-18-11-17(24)8-6-14(18)2/h6-12,15H,5,13H2,1-4H3,(H,26,30)(H,27,29)(H,28,31)/b25-12-/t15-/m1/s1. The first-order valence-corrected chi connectivity index (χ1v) is 10.6. The van der Waals surface area contributed by atoms with Gasteiger partial charge in [0.25, 0.3) is 5.91 Å². The van der Waals surface area contributed by atoms with E-state index in [1.54, 1.807) is 37.3 Å². The van der Waals surface area contributed by atoms with Gasteiger partial charge in [-0.2, -0.15) is 5.10 Å². The van der Waals surface area contributed by atoms with Crippen molar-refractivity contribution in [2.24, 2.45) is 5.10 Å². The fourth-order valence-corrected chi connectivity index (χ4v) is 2.72. The average Bonchev–Trinajstić information content (AvgIpc) is 2.80. The molecule has 3 amide bonds. The first-order chi connectivity index (χ1) is 15.7. The van der Waals surface area contributed by atoms with Gasteiger partial charge >= 0.3 is 11.8 Å². The van der Waals surface area contributed by atoms with Gasteiger partial charge in [-0.25, -0.2) is 5.43 Å². The number of nitrogens with one attached hydrogen (secondary N) is 3. The first kappa shape index (κ1) is 25.7. The molecule has 0 spiro atoms. The molecule has 2 aromatic carbocycles. The molecule has 9 nitrogen and oxygen atoms in total. The zero-order valence-corrected chi connectivity index (χ0v) is 19.7. The summed E-state index contributed by atoms with van der Waals surface area (Å²) in [5.41, 5.74) is 4.23. The Morgan fingerprint density at radius 3 is 2.58 bits per heavy atom. The molecule has 2 rings (SSSR count). The Kier molecular flexibility index (Phi) is 9.68. The summed E-state index contributed by atoms with van der Waals surface area (Å²) in [4.78, 5) is 35.7. The van der Waals surface area contributed by atoms with Gasteiger partial charge in [0.1, 0.15) is 0 Å². The molecule has 0 unspecified atom stereocenters. The molecule has 3 N–H and O–H groups in total. The summed E-state index contributed by atoms with van der Waals surface area (Å²) in [5, 5.41) is 9.59. The van der Waals surface area contributed by atoms with Gasteiger partial charge in [-0.1, -0.05) is 24.6 Å². The Bertz CT molecular complexity index is 1040. The highest BCUT2D eigenvalue weighted by atomic mass is 35.5. The topological polar surface area (TPSA) is 118 Å². The molecular formula is C23H27ClN4O5. The number of amides is 3. The SMILES string of the molecule is CC[C@@H](C)NC(=O)C(=O)N/N=C\c1ccc(OCC(=O)Nc2cc(Cl)ccc2C)c(OC)c1. The summed E-state index contributed by atoms with van der Waals surface area (Å²) in [7, 11) is 1.46. The van der Waals surface area contributed by atoms with Crippen LogP contribution >= 0.6 is 11.6 Å². The molecule has 176 valence electrons. The van der Waals surface area contributed by atoms with Crippen LogP contribution < -0.4 is 25.5 Å². The minimum absolute atomic E-state index is 0.111. The summed E-state index contributed by atoms with van der Waals surface area (Å²) in [6.07, 6.45) is 2.06. The summed E-state index contributed by atoms with van der Waals surface area (Å²) in [5.74, 6) is -1.25. The van der Waals surface area contributed by atoms with Gasteiger partial charge in [0.15, 0.2) is 18.1 Å². The van der Waals surface area contributed by atoms with Gasteiger partial charge in [-0.15, -0.1) is 0 Å². The van der Waals surface area contributed by atoms with Crippen LogP contribution in [-0.2, 0) is 14.4 Å². The third-order valence-corrected chi connectivity index (χ3v) is 4.83. The normalized spacial score (nSPS) is 11.5. The Labute approximate surface area is 197 Å². The van der Waals surface area contributed by atoms with Crippen molar-refractivity contribution in [3.05, 3.63) is 52.5 Å². The van der Waals surface area contributed by atoms with Crippen molar-refractivity contribution in [3.63, 3.8) is 0 Å². The zero-order chi connectivity index (χ0) is 24.4. The number of aryl methyl sites for hydroxylation is 1. The van der Waals surface area contributed by atoms with Crippen molar-refractivity contribution in [1.82, 2.24) is 10.7 Å². The number of carbonyl (C=O) groups is 3. The maximum Gasteiger partial charge on any atom is 0.329 e. The second kappa shape index (κ2) is 12.4. The second-order valence-electron chi connectivity index (χ2n) is 7.19. The molecule has 0 saturated carbocycles. The van der Waals surface area contributed by atoms with Crippen LogP contribution in [0.1, 0.15) is 31.4 Å². The lowest BCUT2D eigenvalue weighted by molar-refractivity contribution is -0.139. The summed E-state index contributed by atoms with van der Waals surface area (Å²) in [6, 6.07) is 9.98. The second-order valence-corrected chi connectivity index (χ2v) is 7.62. The number of benzene rings is 2. The van der Waals surface area contributed by atoms with Crippen LogP contribution in [0.15, 0.2) is 41.5 Å². The highest BCUT2D eigenvalue weighted by Crippen LogP contribution is 2.27. The van der Waals surface area contributed by atoms with Crippen LogP contribution in [0.4, 0.5) is 5.69 Å². The number of hydrogen-bond donors (Lipinski definition) is 3. The van der Waals surface area contributed by atoms with Crippen LogP contribution in [0.5, 0.6) is 11.5 Å². The largest absolute Gasteiger partial charge is 0.493 e. The van der Waals surface area contributed by atoms with Gasteiger partial charge in [0.05, 0.1) is 13.3 Å². The number of methoxy groups -OCH3 is 1. The lowest BCUT2D eigenvalue weighted by Crippen LogP contribution is -2.41. The van der Waals surface area contributed by atoms with Gasteiger partial charge in [-0.3, -0.25) is 14.4 Å². The highest BCUT2D eigenvalue weighted by Gasteiger charge is 2.14. The van der Waals surface area contributed by atoms with E-state index < -0.39 is 11.8 Å². The van der Waals surface area contributed by atoms with Crippen molar-refractivity contribution < 1.29 is 23.9 Å². The Balaban J connectivity index is 1.94. The number of anilines is 1. The molecule has 0 bridgehead atoms. The minimum Gasteiger partial charge on any atom is -0.493 e. The monoisotopic (exact) mass is 474 g/mol. The van der Waals surface area contributed by atoms with Gasteiger partial charge in [-0.05, 0) is 61.7 Å². The van der Waals surface area contributed by atoms with Crippen molar-refractivity contribution in [3.8, 4) is 11.5 Å². The van der Waals surface area contributed by atoms with Crippen LogP contribution in [-0.4, -0.2) is 43.7 Å². The molecule has 0 aliphatic carbocycles. The van der Waals surface area contributed by atoms with E-state index in [0.717, 1.165) is 5.56 Å². The van der Waals surface area contributed by atoms with Crippen LogP contribution in [0.3, 0.4) is 0 Å². The van der Waals surface area contributed by atoms with E-state index in [2.05, 4.69) is 21.2 Å². The lowest BCUT2D eigenvalue weighted by atomic mass is 10.2. The minimum atomic E-state index is -0.862. The molecule has 1 atom stereocenters. The van der Waals surface area contributed by atoms with Crippen molar-refractivity contribution in [1.29, 1.82) is 0 Å². The molecule has 10 heteroatoms. The molecule has 0 aliphatic rings. The van der Waals surface area contributed by atoms with E-state index >= 15 is 0 Å². The number of hydrogen-bond acceptors (Lipinski definition) is 6. The van der Waals surface area contributed by atoms with Crippen LogP contribution in [0.2, 0.25) is 5.02 Å². The molecule has 0 fully saturated rings. The smallest absolute Gasteiger partial charge is 0.329 e. The predicted octanol–water partition coefficient (Wildman–Crippen LogP) is 3.04. The van der Waals surface area contributed by atoms with Crippen molar-refractivity contribution in [2.45, 2.75) is 33.2 Å². The van der Waals surface area contributed by atoms with E-state index in [1.807, 2.05) is 19.9 Å². The number of hydrazone groups is 1. The van der Waals surface area contributed by atoms with Gasteiger partial charge < -0.3 is 20.1 Å². The number of nitrogens with zero attached hydrogens (tertiary/aromatic N) is 1. The maximum atomic E-state index is 12.2.